The number of rotatable bonds is 5. The van der Waals surface area contributed by atoms with Crippen LogP contribution >= 0.6 is 23.4 Å². The summed E-state index contributed by atoms with van der Waals surface area (Å²) < 4.78 is 18.4. The number of anilines is 1. The van der Waals surface area contributed by atoms with Gasteiger partial charge in [0.05, 0.1) is 4.91 Å². The molecule has 138 valence electrons. The lowest BCUT2D eigenvalue weighted by Crippen LogP contribution is -2.20. The maximum Gasteiger partial charge on any atom is 0.290 e. The number of carbonyl (C=O) groups is 3. The van der Waals surface area contributed by atoms with Gasteiger partial charge in [0.25, 0.3) is 17.1 Å². The number of halogens is 2. The summed E-state index contributed by atoms with van der Waals surface area (Å²) >= 11 is 6.74. The van der Waals surface area contributed by atoms with Crippen LogP contribution in [0, 0.1) is 5.82 Å². The van der Waals surface area contributed by atoms with Crippen molar-refractivity contribution in [1.82, 2.24) is 5.32 Å². The minimum absolute atomic E-state index is 0.197. The standard InChI is InChI=1S/C18H12ClFN2O4S/c19-11-1-6-14(10(7-11)8-15-17(24)22-18(25)27-15)26-9-16(23)21-13-4-2-12(20)3-5-13/h1-8H,9H2,(H,21,23)(H,22,24,25). The fraction of sp³-hybridized carbons (Fsp3) is 0.0556. The molecule has 0 bridgehead atoms. The molecular weight excluding hydrogens is 395 g/mol. The van der Waals surface area contributed by atoms with Gasteiger partial charge in [0, 0.05) is 16.3 Å². The molecule has 0 radical (unpaired) electrons. The third-order valence-electron chi connectivity index (χ3n) is 3.39. The summed E-state index contributed by atoms with van der Waals surface area (Å²) in [5, 5.41) is 4.67. The highest BCUT2D eigenvalue weighted by molar-refractivity contribution is 8.18. The molecule has 2 aromatic rings. The Kier molecular flexibility index (Phi) is 5.78. The molecule has 9 heteroatoms. The monoisotopic (exact) mass is 406 g/mol. The van der Waals surface area contributed by atoms with Crippen LogP contribution in [-0.2, 0) is 9.59 Å². The topological polar surface area (TPSA) is 84.5 Å². The molecule has 6 nitrogen and oxygen atoms in total. The van der Waals surface area contributed by atoms with Crippen LogP contribution in [0.5, 0.6) is 5.75 Å². The van der Waals surface area contributed by atoms with Crippen molar-refractivity contribution >= 4 is 52.2 Å². The van der Waals surface area contributed by atoms with Crippen LogP contribution in [0.3, 0.4) is 0 Å². The third kappa shape index (κ3) is 5.08. The van der Waals surface area contributed by atoms with E-state index in [0.29, 0.717) is 22.0 Å². The highest BCUT2D eigenvalue weighted by atomic mass is 35.5. The highest BCUT2D eigenvalue weighted by Gasteiger charge is 2.25. The van der Waals surface area contributed by atoms with Crippen molar-refractivity contribution in [1.29, 1.82) is 0 Å². The smallest absolute Gasteiger partial charge is 0.290 e. The van der Waals surface area contributed by atoms with Gasteiger partial charge in [0.2, 0.25) is 0 Å². The number of carbonyl (C=O) groups excluding carboxylic acids is 3. The second-order valence-corrected chi connectivity index (χ2v) is 6.83. The number of thioether (sulfide) groups is 1. The van der Waals surface area contributed by atoms with Gasteiger partial charge in [0.15, 0.2) is 6.61 Å². The molecule has 0 saturated carbocycles. The number of hydrogen-bond donors (Lipinski definition) is 2. The quantitative estimate of drug-likeness (QED) is 0.737. The van der Waals surface area contributed by atoms with Crippen molar-refractivity contribution in [2.24, 2.45) is 0 Å². The van der Waals surface area contributed by atoms with E-state index in [1.165, 1.54) is 30.3 Å². The first-order chi connectivity index (χ1) is 12.9. The van der Waals surface area contributed by atoms with Crippen LogP contribution in [0.1, 0.15) is 5.56 Å². The van der Waals surface area contributed by atoms with E-state index in [1.807, 2.05) is 0 Å². The van der Waals surface area contributed by atoms with Crippen molar-refractivity contribution in [2.45, 2.75) is 0 Å². The first-order valence-corrected chi connectivity index (χ1v) is 8.83. The van der Waals surface area contributed by atoms with Crippen molar-refractivity contribution < 1.29 is 23.5 Å². The van der Waals surface area contributed by atoms with E-state index < -0.39 is 22.9 Å². The van der Waals surface area contributed by atoms with Crippen molar-refractivity contribution in [3.8, 4) is 5.75 Å². The zero-order chi connectivity index (χ0) is 19.4. The number of amides is 3. The molecule has 0 aliphatic carbocycles. The molecule has 2 N–H and O–H groups in total. The van der Waals surface area contributed by atoms with Crippen molar-refractivity contribution in [3.63, 3.8) is 0 Å². The zero-order valence-corrected chi connectivity index (χ0v) is 15.2. The Morgan fingerprint density at radius 2 is 1.96 bits per heavy atom. The SMILES string of the molecule is O=C(COc1ccc(Cl)cc1C=C1SC(=O)NC1=O)Nc1ccc(F)cc1. The fourth-order valence-corrected chi connectivity index (χ4v) is 3.05. The average molecular weight is 407 g/mol. The Balaban J connectivity index is 1.70. The molecule has 2 aromatic carbocycles. The van der Waals surface area contributed by atoms with Gasteiger partial charge in [0.1, 0.15) is 11.6 Å². The van der Waals surface area contributed by atoms with E-state index in [0.717, 1.165) is 11.8 Å². The molecule has 1 aliphatic heterocycles. The van der Waals surface area contributed by atoms with Gasteiger partial charge >= 0.3 is 0 Å². The second kappa shape index (κ2) is 8.24. The van der Waals surface area contributed by atoms with Crippen LogP contribution in [0.2, 0.25) is 5.02 Å². The van der Waals surface area contributed by atoms with E-state index in [9.17, 15) is 18.8 Å². The Hall–Kier alpha value is -2.84. The fourth-order valence-electron chi connectivity index (χ4n) is 2.20. The summed E-state index contributed by atoms with van der Waals surface area (Å²) in [7, 11) is 0. The number of hydrogen-bond acceptors (Lipinski definition) is 5. The molecule has 1 heterocycles. The molecule has 0 aromatic heterocycles. The van der Waals surface area contributed by atoms with Gasteiger partial charge in [-0.3, -0.25) is 19.7 Å². The molecule has 1 aliphatic rings. The lowest BCUT2D eigenvalue weighted by Gasteiger charge is -2.10. The van der Waals surface area contributed by atoms with E-state index >= 15 is 0 Å². The Labute approximate surface area is 162 Å². The molecule has 0 spiro atoms. The number of ether oxygens (including phenoxy) is 1. The summed E-state index contributed by atoms with van der Waals surface area (Å²) in [5.74, 6) is -1.05. The van der Waals surface area contributed by atoms with E-state index in [1.54, 1.807) is 18.2 Å². The maximum atomic E-state index is 12.9. The predicted octanol–water partition coefficient (Wildman–Crippen LogP) is 3.82. The van der Waals surface area contributed by atoms with Crippen molar-refractivity contribution in [2.75, 3.05) is 11.9 Å². The van der Waals surface area contributed by atoms with Crippen molar-refractivity contribution in [3.05, 3.63) is 63.8 Å². The van der Waals surface area contributed by atoms with Crippen LogP contribution < -0.4 is 15.4 Å². The van der Waals surface area contributed by atoms with E-state index in [-0.39, 0.29) is 11.5 Å². The largest absolute Gasteiger partial charge is 0.483 e. The summed E-state index contributed by atoms with van der Waals surface area (Å²) in [5.41, 5.74) is 0.880. The Morgan fingerprint density at radius 3 is 2.63 bits per heavy atom. The van der Waals surface area contributed by atoms with Crippen LogP contribution in [0.4, 0.5) is 14.9 Å². The van der Waals surface area contributed by atoms with Gasteiger partial charge in [-0.1, -0.05) is 11.6 Å². The zero-order valence-electron chi connectivity index (χ0n) is 13.6. The maximum absolute atomic E-state index is 12.9. The number of benzene rings is 2. The van der Waals surface area contributed by atoms with E-state index in [2.05, 4.69) is 10.6 Å². The lowest BCUT2D eigenvalue weighted by atomic mass is 10.2. The average Bonchev–Trinajstić information content (AvgIpc) is 2.93. The third-order valence-corrected chi connectivity index (χ3v) is 4.43. The van der Waals surface area contributed by atoms with Gasteiger partial charge in [-0.05, 0) is 60.3 Å². The first-order valence-electron chi connectivity index (χ1n) is 7.63. The van der Waals surface area contributed by atoms with Gasteiger partial charge in [-0.15, -0.1) is 0 Å². The minimum atomic E-state index is -0.509. The molecule has 27 heavy (non-hydrogen) atoms. The molecule has 0 atom stereocenters. The summed E-state index contributed by atoms with van der Waals surface area (Å²) in [6, 6.07) is 10.00. The first kappa shape index (κ1) is 18.9. The molecule has 3 amide bonds. The van der Waals surface area contributed by atoms with Gasteiger partial charge in [-0.25, -0.2) is 4.39 Å². The molecule has 1 fully saturated rings. The van der Waals surface area contributed by atoms with Gasteiger partial charge < -0.3 is 10.1 Å². The highest BCUT2D eigenvalue weighted by Crippen LogP contribution is 2.30. The number of imide groups is 1. The van der Waals surface area contributed by atoms with Crippen LogP contribution in [-0.4, -0.2) is 23.7 Å². The van der Waals surface area contributed by atoms with Crippen LogP contribution in [0.15, 0.2) is 47.4 Å². The van der Waals surface area contributed by atoms with Crippen LogP contribution in [0.25, 0.3) is 6.08 Å². The second-order valence-electron chi connectivity index (χ2n) is 5.38. The Bertz CT molecular complexity index is 947. The molecular formula is C18H12ClFN2O4S. The van der Waals surface area contributed by atoms with E-state index in [4.69, 9.17) is 16.3 Å². The lowest BCUT2D eigenvalue weighted by molar-refractivity contribution is -0.118. The minimum Gasteiger partial charge on any atom is -0.483 e. The predicted molar refractivity (Wildman–Crippen MR) is 101 cm³/mol. The van der Waals surface area contributed by atoms with Gasteiger partial charge in [-0.2, -0.15) is 0 Å². The summed E-state index contributed by atoms with van der Waals surface area (Å²) in [4.78, 5) is 35.2. The molecule has 3 rings (SSSR count). The normalized spacial score (nSPS) is 15.0. The Morgan fingerprint density at radius 1 is 1.22 bits per heavy atom. The molecule has 1 saturated heterocycles. The summed E-state index contributed by atoms with van der Waals surface area (Å²) in [6.07, 6.45) is 1.46. The number of nitrogens with one attached hydrogen (secondary N) is 2. The molecule has 0 unspecified atom stereocenters. The summed E-state index contributed by atoms with van der Waals surface area (Å²) in [6.45, 7) is -0.312.